The fraction of sp³-hybridized carbons (Fsp3) is 1.00. The van der Waals surface area contributed by atoms with Crippen LogP contribution in [0.2, 0.25) is 0 Å². The van der Waals surface area contributed by atoms with Gasteiger partial charge in [-0.05, 0) is 24.7 Å². The summed E-state index contributed by atoms with van der Waals surface area (Å²) in [4.78, 5) is 0. The lowest BCUT2D eigenvalue weighted by atomic mass is 10.0. The summed E-state index contributed by atoms with van der Waals surface area (Å²) in [7, 11) is 1.79. The van der Waals surface area contributed by atoms with Gasteiger partial charge in [-0.2, -0.15) is 0 Å². The maximum absolute atomic E-state index is 5.12. The van der Waals surface area contributed by atoms with Gasteiger partial charge in [0.25, 0.3) is 0 Å². The lowest BCUT2D eigenvalue weighted by Crippen LogP contribution is -2.56. The van der Waals surface area contributed by atoms with Crippen LogP contribution in [0.15, 0.2) is 0 Å². The molecule has 1 aliphatic heterocycles. The van der Waals surface area contributed by atoms with Gasteiger partial charge in [0.15, 0.2) is 0 Å². The van der Waals surface area contributed by atoms with E-state index in [1.54, 1.807) is 7.11 Å². The van der Waals surface area contributed by atoms with Crippen LogP contribution in [0.3, 0.4) is 0 Å². The van der Waals surface area contributed by atoms with E-state index in [4.69, 9.17) is 4.74 Å². The molecule has 13 heavy (non-hydrogen) atoms. The van der Waals surface area contributed by atoms with Crippen LogP contribution in [0, 0.1) is 5.41 Å². The standard InChI is InChI=1S/C10H20N2O/c1-13-5-4-10(2-3-10)8-12-9-6-11-7-9/h9,11-12H,2-8H2,1H3. The van der Waals surface area contributed by atoms with E-state index in [0.717, 1.165) is 25.7 Å². The van der Waals surface area contributed by atoms with E-state index in [0.29, 0.717) is 5.41 Å². The minimum Gasteiger partial charge on any atom is -0.385 e. The summed E-state index contributed by atoms with van der Waals surface area (Å²) in [5.41, 5.74) is 0.603. The van der Waals surface area contributed by atoms with Crippen molar-refractivity contribution in [3.8, 4) is 0 Å². The summed E-state index contributed by atoms with van der Waals surface area (Å²) < 4.78 is 5.12. The Labute approximate surface area is 80.2 Å². The molecule has 76 valence electrons. The van der Waals surface area contributed by atoms with E-state index in [-0.39, 0.29) is 0 Å². The normalized spacial score (nSPS) is 25.6. The first kappa shape index (κ1) is 9.44. The summed E-state index contributed by atoms with van der Waals surface area (Å²) in [6, 6.07) is 0.736. The number of ether oxygens (including phenoxy) is 1. The summed E-state index contributed by atoms with van der Waals surface area (Å²) >= 11 is 0. The van der Waals surface area contributed by atoms with Gasteiger partial charge in [0, 0.05) is 39.4 Å². The molecular weight excluding hydrogens is 164 g/mol. The van der Waals surface area contributed by atoms with Crippen LogP contribution >= 0.6 is 0 Å². The van der Waals surface area contributed by atoms with Gasteiger partial charge < -0.3 is 15.4 Å². The second-order valence-corrected chi connectivity index (χ2v) is 4.48. The Bertz CT molecular complexity index is 164. The molecule has 2 aliphatic rings. The summed E-state index contributed by atoms with van der Waals surface area (Å²) in [5, 5.41) is 6.89. The number of rotatable bonds is 6. The Morgan fingerprint density at radius 1 is 1.46 bits per heavy atom. The molecular formula is C10H20N2O. The van der Waals surface area contributed by atoms with Crippen LogP contribution in [0.25, 0.3) is 0 Å². The lowest BCUT2D eigenvalue weighted by molar-refractivity contribution is 0.168. The smallest absolute Gasteiger partial charge is 0.0468 e. The largest absolute Gasteiger partial charge is 0.385 e. The van der Waals surface area contributed by atoms with Gasteiger partial charge in [0.1, 0.15) is 0 Å². The summed E-state index contributed by atoms with van der Waals surface area (Å²) in [5.74, 6) is 0. The third kappa shape index (κ3) is 2.42. The first-order valence-electron chi connectivity index (χ1n) is 5.28. The first-order chi connectivity index (χ1) is 6.35. The predicted octanol–water partition coefficient (Wildman–Crippen LogP) is 0.364. The van der Waals surface area contributed by atoms with Crippen LogP contribution in [0.1, 0.15) is 19.3 Å². The zero-order valence-electron chi connectivity index (χ0n) is 8.44. The molecule has 1 saturated carbocycles. The van der Waals surface area contributed by atoms with Crippen LogP contribution in [-0.2, 0) is 4.74 Å². The van der Waals surface area contributed by atoms with E-state index in [9.17, 15) is 0 Å². The van der Waals surface area contributed by atoms with Crippen molar-refractivity contribution in [3.05, 3.63) is 0 Å². The maximum Gasteiger partial charge on any atom is 0.0468 e. The molecule has 3 heteroatoms. The highest BCUT2D eigenvalue weighted by atomic mass is 16.5. The van der Waals surface area contributed by atoms with Crippen molar-refractivity contribution in [2.24, 2.45) is 5.41 Å². The molecule has 0 aromatic rings. The van der Waals surface area contributed by atoms with Gasteiger partial charge >= 0.3 is 0 Å². The van der Waals surface area contributed by atoms with Crippen LogP contribution < -0.4 is 10.6 Å². The molecule has 0 bridgehead atoms. The number of hydrogen-bond donors (Lipinski definition) is 2. The van der Waals surface area contributed by atoms with Crippen molar-refractivity contribution >= 4 is 0 Å². The molecule has 1 heterocycles. The predicted molar refractivity (Wildman–Crippen MR) is 52.8 cm³/mol. The maximum atomic E-state index is 5.12. The minimum atomic E-state index is 0.603. The molecule has 1 saturated heterocycles. The topological polar surface area (TPSA) is 33.3 Å². The number of methoxy groups -OCH3 is 1. The van der Waals surface area contributed by atoms with E-state index in [1.807, 2.05) is 0 Å². The fourth-order valence-electron chi connectivity index (χ4n) is 1.80. The summed E-state index contributed by atoms with van der Waals surface area (Å²) in [6.45, 7) is 4.42. The highest BCUT2D eigenvalue weighted by Crippen LogP contribution is 2.48. The second kappa shape index (κ2) is 3.95. The van der Waals surface area contributed by atoms with Crippen molar-refractivity contribution < 1.29 is 4.74 Å². The Morgan fingerprint density at radius 3 is 2.69 bits per heavy atom. The van der Waals surface area contributed by atoms with E-state index >= 15 is 0 Å². The number of nitrogens with one attached hydrogen (secondary N) is 2. The van der Waals surface area contributed by atoms with E-state index in [1.165, 1.54) is 25.8 Å². The van der Waals surface area contributed by atoms with Gasteiger partial charge in [-0.15, -0.1) is 0 Å². The quantitative estimate of drug-likeness (QED) is 0.625. The third-order valence-corrected chi connectivity index (χ3v) is 3.34. The second-order valence-electron chi connectivity index (χ2n) is 4.48. The van der Waals surface area contributed by atoms with Crippen LogP contribution in [0.4, 0.5) is 0 Å². The van der Waals surface area contributed by atoms with E-state index in [2.05, 4.69) is 10.6 Å². The van der Waals surface area contributed by atoms with Crippen molar-refractivity contribution in [1.29, 1.82) is 0 Å². The Balaban J connectivity index is 1.61. The Morgan fingerprint density at radius 2 is 2.23 bits per heavy atom. The van der Waals surface area contributed by atoms with E-state index < -0.39 is 0 Å². The molecule has 2 rings (SSSR count). The van der Waals surface area contributed by atoms with Crippen molar-refractivity contribution in [3.63, 3.8) is 0 Å². The van der Waals surface area contributed by atoms with Gasteiger partial charge in [-0.3, -0.25) is 0 Å². The summed E-state index contributed by atoms with van der Waals surface area (Å²) in [6.07, 6.45) is 4.02. The zero-order chi connectivity index (χ0) is 9.15. The van der Waals surface area contributed by atoms with Crippen molar-refractivity contribution in [2.75, 3.05) is 33.4 Å². The molecule has 1 aliphatic carbocycles. The Hall–Kier alpha value is -0.120. The highest BCUT2D eigenvalue weighted by molar-refractivity contribution is 4.96. The SMILES string of the molecule is COCCC1(CNC2CNC2)CC1. The molecule has 0 radical (unpaired) electrons. The first-order valence-corrected chi connectivity index (χ1v) is 5.28. The monoisotopic (exact) mass is 184 g/mol. The van der Waals surface area contributed by atoms with Gasteiger partial charge in [-0.25, -0.2) is 0 Å². The molecule has 0 aromatic heterocycles. The fourth-order valence-corrected chi connectivity index (χ4v) is 1.80. The molecule has 0 atom stereocenters. The molecule has 0 spiro atoms. The van der Waals surface area contributed by atoms with Gasteiger partial charge in [0.2, 0.25) is 0 Å². The molecule has 2 N–H and O–H groups in total. The molecule has 2 fully saturated rings. The average Bonchev–Trinajstić information content (AvgIpc) is 2.80. The number of hydrogen-bond acceptors (Lipinski definition) is 3. The van der Waals surface area contributed by atoms with Gasteiger partial charge in [0.05, 0.1) is 0 Å². The third-order valence-electron chi connectivity index (χ3n) is 3.34. The molecule has 0 aromatic carbocycles. The zero-order valence-corrected chi connectivity index (χ0v) is 8.44. The van der Waals surface area contributed by atoms with Crippen molar-refractivity contribution in [2.45, 2.75) is 25.3 Å². The minimum absolute atomic E-state index is 0.603. The molecule has 0 unspecified atom stereocenters. The Kier molecular flexibility index (Phi) is 2.86. The lowest BCUT2D eigenvalue weighted by Gasteiger charge is -2.30. The van der Waals surface area contributed by atoms with Crippen molar-refractivity contribution in [1.82, 2.24) is 10.6 Å². The highest BCUT2D eigenvalue weighted by Gasteiger charge is 2.42. The van der Waals surface area contributed by atoms with Gasteiger partial charge in [-0.1, -0.05) is 0 Å². The average molecular weight is 184 g/mol. The molecule has 3 nitrogen and oxygen atoms in total. The molecule has 0 amide bonds. The van der Waals surface area contributed by atoms with Crippen LogP contribution in [0.5, 0.6) is 0 Å². The van der Waals surface area contributed by atoms with Crippen LogP contribution in [-0.4, -0.2) is 39.4 Å².